The number of hydrogen-bond donors (Lipinski definition) is 2. The lowest BCUT2D eigenvalue weighted by molar-refractivity contribution is 0.180. The average molecular weight is 365 g/mol. The fourth-order valence-electron chi connectivity index (χ4n) is 3.17. The number of unbranched alkanes of at least 4 members (excludes halogenated alkanes) is 10. The second-order valence-electron chi connectivity index (χ2n) is 7.24. The van der Waals surface area contributed by atoms with E-state index in [1.165, 1.54) is 51.4 Å². The zero-order valence-electron chi connectivity index (χ0n) is 15.9. The zero-order chi connectivity index (χ0) is 18.3. The fraction of sp³-hybridized carbons (Fsp3) is 1.00. The minimum absolute atomic E-state index is 0.153. The summed E-state index contributed by atoms with van der Waals surface area (Å²) in [5.41, 5.74) is 0. The van der Waals surface area contributed by atoms with Crippen molar-refractivity contribution in [1.29, 1.82) is 0 Å². The van der Waals surface area contributed by atoms with E-state index in [1.807, 2.05) is 13.8 Å². The summed E-state index contributed by atoms with van der Waals surface area (Å²) in [5, 5.41) is 8.61. The van der Waals surface area contributed by atoms with Crippen LogP contribution in [0.5, 0.6) is 0 Å². The maximum atomic E-state index is 11.2. The fourth-order valence-corrected chi connectivity index (χ4v) is 4.17. The van der Waals surface area contributed by atoms with Gasteiger partial charge in [0.05, 0.1) is 11.4 Å². The van der Waals surface area contributed by atoms with Crippen LogP contribution in [0.4, 0.5) is 0 Å². The summed E-state index contributed by atoms with van der Waals surface area (Å²) in [5.74, 6) is 0. The Morgan fingerprint density at radius 1 is 0.708 bits per heavy atom. The summed E-state index contributed by atoms with van der Waals surface area (Å²) in [7, 11) is -3.86. The van der Waals surface area contributed by atoms with Crippen LogP contribution in [0.25, 0.3) is 0 Å². The Labute approximate surface area is 150 Å². The average Bonchev–Trinajstić information content (AvgIpc) is 2.49. The van der Waals surface area contributed by atoms with Crippen molar-refractivity contribution in [2.24, 2.45) is 0 Å². The van der Waals surface area contributed by atoms with Gasteiger partial charge in [0.25, 0.3) is 10.1 Å². The van der Waals surface area contributed by atoms with E-state index < -0.39 is 15.4 Å². The van der Waals surface area contributed by atoms with E-state index in [-0.39, 0.29) is 6.10 Å². The lowest BCUT2D eigenvalue weighted by Crippen LogP contribution is -2.20. The van der Waals surface area contributed by atoms with Crippen molar-refractivity contribution in [1.82, 2.24) is 0 Å². The van der Waals surface area contributed by atoms with Crippen molar-refractivity contribution < 1.29 is 18.1 Å². The van der Waals surface area contributed by atoms with Crippen LogP contribution in [0.2, 0.25) is 0 Å². The Morgan fingerprint density at radius 2 is 1.08 bits per heavy atom. The van der Waals surface area contributed by atoms with E-state index in [4.69, 9.17) is 5.11 Å². The highest BCUT2D eigenvalue weighted by Gasteiger charge is 2.20. The van der Waals surface area contributed by atoms with Crippen LogP contribution in [0, 0.1) is 0 Å². The third-order valence-corrected chi connectivity index (χ3v) is 5.99. The minimum Gasteiger partial charge on any atom is -0.393 e. The normalized spacial score (nSPS) is 14.7. The van der Waals surface area contributed by atoms with Crippen LogP contribution < -0.4 is 0 Å². The number of aliphatic hydroxyl groups is 1. The Bertz CT molecular complexity index is 366. The highest BCUT2D eigenvalue weighted by Crippen LogP contribution is 2.17. The van der Waals surface area contributed by atoms with Gasteiger partial charge in [-0.1, -0.05) is 84.0 Å². The second-order valence-corrected chi connectivity index (χ2v) is 8.94. The predicted octanol–water partition coefficient (Wildman–Crippen LogP) is 5.50. The van der Waals surface area contributed by atoms with Crippen molar-refractivity contribution in [3.63, 3.8) is 0 Å². The second kappa shape index (κ2) is 15.2. The van der Waals surface area contributed by atoms with Crippen LogP contribution in [0.3, 0.4) is 0 Å². The van der Waals surface area contributed by atoms with Crippen molar-refractivity contribution in [2.75, 3.05) is 0 Å². The molecule has 0 amide bonds. The Hall–Kier alpha value is -0.130. The molecule has 24 heavy (non-hydrogen) atoms. The van der Waals surface area contributed by atoms with Gasteiger partial charge in [-0.05, 0) is 26.2 Å². The van der Waals surface area contributed by atoms with Gasteiger partial charge in [-0.2, -0.15) is 8.42 Å². The van der Waals surface area contributed by atoms with Gasteiger partial charge in [0.15, 0.2) is 0 Å². The van der Waals surface area contributed by atoms with Crippen molar-refractivity contribution in [3.8, 4) is 0 Å². The van der Waals surface area contributed by atoms with Gasteiger partial charge < -0.3 is 5.11 Å². The zero-order valence-corrected chi connectivity index (χ0v) is 16.7. The van der Waals surface area contributed by atoms with Gasteiger partial charge in [-0.3, -0.25) is 4.55 Å². The van der Waals surface area contributed by atoms with E-state index >= 15 is 0 Å². The maximum Gasteiger partial charge on any atom is 0.267 e. The molecule has 5 heteroatoms. The Morgan fingerprint density at radius 3 is 1.42 bits per heavy atom. The molecular weight excluding hydrogens is 324 g/mol. The van der Waals surface area contributed by atoms with E-state index in [2.05, 4.69) is 0 Å². The summed E-state index contributed by atoms with van der Waals surface area (Å²) in [6, 6.07) is 0. The summed E-state index contributed by atoms with van der Waals surface area (Å²) in [4.78, 5) is 0. The molecule has 0 aliphatic carbocycles. The molecule has 0 aromatic heterocycles. The Kier molecular flexibility index (Phi) is 15.1. The summed E-state index contributed by atoms with van der Waals surface area (Å²) in [6.45, 7) is 3.80. The van der Waals surface area contributed by atoms with Gasteiger partial charge in [0, 0.05) is 0 Å². The lowest BCUT2D eigenvalue weighted by Gasteiger charge is -2.12. The minimum atomic E-state index is -3.86. The number of aliphatic hydroxyl groups excluding tert-OH is 1. The quantitative estimate of drug-likeness (QED) is 0.264. The van der Waals surface area contributed by atoms with E-state index in [1.54, 1.807) is 0 Å². The van der Waals surface area contributed by atoms with Crippen LogP contribution >= 0.6 is 0 Å². The number of rotatable bonds is 17. The van der Waals surface area contributed by atoms with E-state index in [9.17, 15) is 13.0 Å². The molecule has 2 N–H and O–H groups in total. The van der Waals surface area contributed by atoms with Gasteiger partial charge >= 0.3 is 0 Å². The molecule has 146 valence electrons. The van der Waals surface area contributed by atoms with Crippen LogP contribution in [-0.4, -0.2) is 29.4 Å². The van der Waals surface area contributed by atoms with Crippen LogP contribution in [-0.2, 0) is 10.1 Å². The highest BCUT2D eigenvalue weighted by molar-refractivity contribution is 7.86. The third kappa shape index (κ3) is 15.4. The molecule has 0 saturated carbocycles. The standard InChI is InChI=1S/C19H40O4S/c1-3-15-19(24(21,22)23)17-14-12-10-8-6-4-5-7-9-11-13-16-18(2)20/h18-20H,3-17H2,1-2H3,(H,21,22,23). The first-order valence-corrected chi connectivity index (χ1v) is 11.5. The molecule has 0 radical (unpaired) electrons. The molecule has 2 unspecified atom stereocenters. The largest absolute Gasteiger partial charge is 0.393 e. The maximum absolute atomic E-state index is 11.2. The SMILES string of the molecule is CCCC(CCCCCCCCCCCCCC(C)O)S(=O)(=O)O. The smallest absolute Gasteiger partial charge is 0.267 e. The van der Waals surface area contributed by atoms with Crippen LogP contribution in [0.1, 0.15) is 110 Å². The molecule has 0 rings (SSSR count). The van der Waals surface area contributed by atoms with Crippen molar-refractivity contribution in [2.45, 2.75) is 122 Å². The van der Waals surface area contributed by atoms with Gasteiger partial charge in [-0.15, -0.1) is 0 Å². The van der Waals surface area contributed by atoms with Gasteiger partial charge in [0.1, 0.15) is 0 Å². The molecule has 0 fully saturated rings. The Balaban J connectivity index is 3.36. The van der Waals surface area contributed by atoms with Gasteiger partial charge in [-0.25, -0.2) is 0 Å². The first-order valence-electron chi connectivity index (χ1n) is 10.0. The third-order valence-electron chi connectivity index (χ3n) is 4.68. The van der Waals surface area contributed by atoms with Crippen molar-refractivity contribution in [3.05, 3.63) is 0 Å². The molecule has 0 aromatic rings. The molecule has 2 atom stereocenters. The van der Waals surface area contributed by atoms with Crippen LogP contribution in [0.15, 0.2) is 0 Å². The number of hydrogen-bond acceptors (Lipinski definition) is 3. The first-order chi connectivity index (χ1) is 11.4. The van der Waals surface area contributed by atoms with E-state index in [0.717, 1.165) is 32.1 Å². The monoisotopic (exact) mass is 364 g/mol. The predicted molar refractivity (Wildman–Crippen MR) is 102 cm³/mol. The molecule has 0 aliphatic heterocycles. The molecule has 0 saturated heterocycles. The summed E-state index contributed by atoms with van der Waals surface area (Å²) < 4.78 is 31.6. The first kappa shape index (κ1) is 23.9. The van der Waals surface area contributed by atoms with Gasteiger partial charge in [0.2, 0.25) is 0 Å². The molecule has 0 heterocycles. The lowest BCUT2D eigenvalue weighted by atomic mass is 10.0. The summed E-state index contributed by atoms with van der Waals surface area (Å²) >= 11 is 0. The molecule has 0 bridgehead atoms. The topological polar surface area (TPSA) is 74.6 Å². The summed E-state index contributed by atoms with van der Waals surface area (Å²) in [6.07, 6.45) is 15.9. The molecule has 0 aromatic carbocycles. The molecule has 0 spiro atoms. The molecule has 0 aliphatic rings. The van der Waals surface area contributed by atoms with Crippen molar-refractivity contribution >= 4 is 10.1 Å². The molecule has 4 nitrogen and oxygen atoms in total. The van der Waals surface area contributed by atoms with E-state index in [0.29, 0.717) is 12.8 Å². The molecular formula is C19H40O4S. The highest BCUT2D eigenvalue weighted by atomic mass is 32.2.